The van der Waals surface area contributed by atoms with Crippen molar-refractivity contribution in [3.63, 3.8) is 0 Å². The van der Waals surface area contributed by atoms with Gasteiger partial charge in [-0.15, -0.1) is 0 Å². The van der Waals surface area contributed by atoms with Gasteiger partial charge in [-0.2, -0.15) is 0 Å². The summed E-state index contributed by atoms with van der Waals surface area (Å²) in [6.45, 7) is 7.31. The molecule has 26 heavy (non-hydrogen) atoms. The van der Waals surface area contributed by atoms with E-state index in [1.54, 1.807) is 64.4 Å². The quantitative estimate of drug-likeness (QED) is 0.908. The summed E-state index contributed by atoms with van der Waals surface area (Å²) >= 11 is 0. The van der Waals surface area contributed by atoms with E-state index < -0.39 is 23.1 Å². The van der Waals surface area contributed by atoms with Crippen molar-refractivity contribution in [2.75, 3.05) is 0 Å². The zero-order valence-electron chi connectivity index (χ0n) is 15.3. The SMILES string of the molecule is Cc1ccc(C2C(C(=O)C(C)(C)C)=C(O)C(=O)N2Cc2ccncc2)o1. The Bertz CT molecular complexity index is 875. The number of aromatic nitrogens is 1. The maximum atomic E-state index is 13.0. The topological polar surface area (TPSA) is 83.6 Å². The first kappa shape index (κ1) is 17.9. The van der Waals surface area contributed by atoms with Crippen LogP contribution in [0.2, 0.25) is 0 Å². The lowest BCUT2D eigenvalue weighted by atomic mass is 9.83. The third-order valence-electron chi connectivity index (χ3n) is 4.36. The number of aliphatic hydroxyl groups excluding tert-OH is 1. The molecule has 1 unspecified atom stereocenters. The molecule has 3 heterocycles. The number of carbonyl (C=O) groups excluding carboxylic acids is 2. The highest BCUT2D eigenvalue weighted by atomic mass is 16.3. The van der Waals surface area contributed by atoms with E-state index in [-0.39, 0.29) is 17.9 Å². The van der Waals surface area contributed by atoms with Crippen LogP contribution in [0.5, 0.6) is 0 Å². The molecule has 0 bridgehead atoms. The molecule has 0 saturated carbocycles. The molecule has 1 amide bonds. The van der Waals surface area contributed by atoms with E-state index in [1.165, 1.54) is 4.90 Å². The molecular formula is C20H22N2O4. The first-order valence-corrected chi connectivity index (χ1v) is 8.44. The molecule has 6 nitrogen and oxygen atoms in total. The second-order valence-corrected chi connectivity index (χ2v) is 7.48. The molecule has 1 aliphatic rings. The van der Waals surface area contributed by atoms with E-state index in [1.807, 2.05) is 0 Å². The number of aliphatic hydroxyl groups is 1. The van der Waals surface area contributed by atoms with Crippen LogP contribution in [0, 0.1) is 12.3 Å². The Labute approximate surface area is 152 Å². The molecule has 1 aliphatic heterocycles. The number of hydrogen-bond donors (Lipinski definition) is 1. The number of rotatable bonds is 4. The smallest absolute Gasteiger partial charge is 0.290 e. The first-order chi connectivity index (χ1) is 12.2. The molecule has 0 aliphatic carbocycles. The molecule has 3 rings (SSSR count). The Morgan fingerprint density at radius 1 is 1.23 bits per heavy atom. The molecule has 2 aromatic rings. The number of ketones is 1. The van der Waals surface area contributed by atoms with Crippen LogP contribution in [0.1, 0.15) is 43.9 Å². The molecule has 1 atom stereocenters. The molecule has 0 radical (unpaired) electrons. The third-order valence-corrected chi connectivity index (χ3v) is 4.36. The van der Waals surface area contributed by atoms with E-state index in [4.69, 9.17) is 4.42 Å². The average molecular weight is 354 g/mol. The standard InChI is InChI=1S/C20H22N2O4/c1-12-5-6-14(26-12)16-15(18(24)20(2,3)4)17(23)19(25)22(16)11-13-7-9-21-10-8-13/h5-10,16,23H,11H2,1-4H3. The molecule has 0 spiro atoms. The predicted octanol–water partition coefficient (Wildman–Crippen LogP) is 3.49. The Hall–Kier alpha value is -2.89. The van der Waals surface area contributed by atoms with Crippen LogP contribution in [0.25, 0.3) is 0 Å². The van der Waals surface area contributed by atoms with Gasteiger partial charge in [-0.1, -0.05) is 20.8 Å². The Kier molecular flexibility index (Phi) is 4.44. The summed E-state index contributed by atoms with van der Waals surface area (Å²) in [6.07, 6.45) is 3.27. The summed E-state index contributed by atoms with van der Waals surface area (Å²) in [5.74, 6) is -0.224. The largest absolute Gasteiger partial charge is 0.503 e. The Morgan fingerprint density at radius 2 is 1.88 bits per heavy atom. The number of amides is 1. The first-order valence-electron chi connectivity index (χ1n) is 8.44. The lowest BCUT2D eigenvalue weighted by Crippen LogP contribution is -2.32. The number of nitrogens with zero attached hydrogens (tertiary/aromatic N) is 2. The monoisotopic (exact) mass is 354 g/mol. The number of pyridine rings is 1. The van der Waals surface area contributed by atoms with Gasteiger partial charge in [0.05, 0.1) is 5.57 Å². The number of carbonyl (C=O) groups is 2. The zero-order valence-corrected chi connectivity index (χ0v) is 15.3. The van der Waals surface area contributed by atoms with Gasteiger partial charge in [0, 0.05) is 24.4 Å². The van der Waals surface area contributed by atoms with Crippen LogP contribution in [0.15, 0.2) is 52.4 Å². The van der Waals surface area contributed by atoms with Crippen LogP contribution in [-0.2, 0) is 16.1 Å². The summed E-state index contributed by atoms with van der Waals surface area (Å²) in [5, 5.41) is 10.5. The lowest BCUT2D eigenvalue weighted by Gasteiger charge is -2.27. The minimum absolute atomic E-state index is 0.0888. The van der Waals surface area contributed by atoms with E-state index in [9.17, 15) is 14.7 Å². The van der Waals surface area contributed by atoms with Crippen molar-refractivity contribution < 1.29 is 19.1 Å². The number of aryl methyl sites for hydroxylation is 1. The molecular weight excluding hydrogens is 332 g/mol. The minimum atomic E-state index is -0.754. The zero-order chi connectivity index (χ0) is 19.1. The van der Waals surface area contributed by atoms with E-state index in [0.717, 1.165) is 5.56 Å². The summed E-state index contributed by atoms with van der Waals surface area (Å²) in [5.41, 5.74) is 0.195. The molecule has 136 valence electrons. The van der Waals surface area contributed by atoms with Crippen LogP contribution in [0.4, 0.5) is 0 Å². The fourth-order valence-corrected chi connectivity index (χ4v) is 3.03. The van der Waals surface area contributed by atoms with E-state index in [2.05, 4.69) is 4.98 Å². The highest BCUT2D eigenvalue weighted by Gasteiger charge is 2.47. The summed E-state index contributed by atoms with van der Waals surface area (Å²) < 4.78 is 5.72. The molecule has 2 aromatic heterocycles. The minimum Gasteiger partial charge on any atom is -0.503 e. The second-order valence-electron chi connectivity index (χ2n) is 7.48. The van der Waals surface area contributed by atoms with Crippen molar-refractivity contribution in [3.8, 4) is 0 Å². The van der Waals surface area contributed by atoms with Gasteiger partial charge in [0.2, 0.25) is 0 Å². The van der Waals surface area contributed by atoms with Gasteiger partial charge < -0.3 is 14.4 Å². The predicted molar refractivity (Wildman–Crippen MR) is 95.1 cm³/mol. The molecule has 0 aromatic carbocycles. The second kappa shape index (κ2) is 6.44. The van der Waals surface area contributed by atoms with Crippen molar-refractivity contribution in [3.05, 3.63) is 65.1 Å². The Balaban J connectivity index is 2.08. The highest BCUT2D eigenvalue weighted by molar-refractivity contribution is 6.10. The lowest BCUT2D eigenvalue weighted by molar-refractivity contribution is -0.130. The number of Topliss-reactive ketones (excluding diaryl/α,β-unsaturated/α-hetero) is 1. The molecule has 0 saturated heterocycles. The summed E-state index contributed by atoms with van der Waals surface area (Å²) in [7, 11) is 0. The van der Waals surface area contributed by atoms with Crippen LogP contribution in [-0.4, -0.2) is 26.7 Å². The van der Waals surface area contributed by atoms with E-state index in [0.29, 0.717) is 11.5 Å². The Morgan fingerprint density at radius 3 is 2.42 bits per heavy atom. The fourth-order valence-electron chi connectivity index (χ4n) is 3.03. The maximum Gasteiger partial charge on any atom is 0.290 e. The molecule has 6 heteroatoms. The van der Waals surface area contributed by atoms with Gasteiger partial charge in [-0.3, -0.25) is 14.6 Å². The molecule has 1 N–H and O–H groups in total. The fraction of sp³-hybridized carbons (Fsp3) is 0.350. The van der Waals surface area contributed by atoms with Crippen molar-refractivity contribution in [1.82, 2.24) is 9.88 Å². The third kappa shape index (κ3) is 3.14. The van der Waals surface area contributed by atoms with Crippen LogP contribution in [0.3, 0.4) is 0 Å². The van der Waals surface area contributed by atoms with Crippen LogP contribution < -0.4 is 0 Å². The van der Waals surface area contributed by atoms with Gasteiger partial charge in [0.25, 0.3) is 5.91 Å². The average Bonchev–Trinajstić information content (AvgIpc) is 3.11. The van der Waals surface area contributed by atoms with Gasteiger partial charge in [0.15, 0.2) is 11.5 Å². The van der Waals surface area contributed by atoms with Crippen LogP contribution >= 0.6 is 0 Å². The number of hydrogen-bond acceptors (Lipinski definition) is 5. The molecule has 0 fully saturated rings. The summed E-state index contributed by atoms with van der Waals surface area (Å²) in [6, 6.07) is 6.34. The maximum absolute atomic E-state index is 13.0. The van der Waals surface area contributed by atoms with E-state index >= 15 is 0 Å². The van der Waals surface area contributed by atoms with Crippen molar-refractivity contribution in [2.45, 2.75) is 40.3 Å². The summed E-state index contributed by atoms with van der Waals surface area (Å²) in [4.78, 5) is 31.1. The van der Waals surface area contributed by atoms with Gasteiger partial charge in [-0.25, -0.2) is 0 Å². The number of furan rings is 1. The van der Waals surface area contributed by atoms with Crippen molar-refractivity contribution in [1.29, 1.82) is 0 Å². The normalized spacial score (nSPS) is 17.9. The van der Waals surface area contributed by atoms with Gasteiger partial charge in [0.1, 0.15) is 17.6 Å². The van der Waals surface area contributed by atoms with Crippen molar-refractivity contribution >= 4 is 11.7 Å². The van der Waals surface area contributed by atoms with Gasteiger partial charge in [-0.05, 0) is 36.8 Å². The van der Waals surface area contributed by atoms with Gasteiger partial charge >= 0.3 is 0 Å². The highest BCUT2D eigenvalue weighted by Crippen LogP contribution is 2.42. The van der Waals surface area contributed by atoms with Crippen molar-refractivity contribution in [2.24, 2.45) is 5.41 Å².